The maximum Gasteiger partial charge on any atom is 0.340 e. The monoisotopic (exact) mass is 478 g/mol. The first-order valence-corrected chi connectivity index (χ1v) is 10.7. The maximum absolute atomic E-state index is 12.5. The molecule has 0 heterocycles. The Morgan fingerprint density at radius 2 is 1.66 bits per heavy atom. The first-order chi connectivity index (χ1) is 13.4. The van der Waals surface area contributed by atoms with Gasteiger partial charge in [0.1, 0.15) is 0 Å². The predicted molar refractivity (Wildman–Crippen MR) is 112 cm³/mol. The van der Waals surface area contributed by atoms with Gasteiger partial charge < -0.3 is 10.1 Å². The summed E-state index contributed by atoms with van der Waals surface area (Å²) in [4.78, 5) is 24.6. The van der Waals surface area contributed by atoms with Crippen molar-refractivity contribution in [3.8, 4) is 0 Å². The van der Waals surface area contributed by atoms with E-state index in [2.05, 4.69) is 5.32 Å². The maximum atomic E-state index is 12.5. The molecule has 11 heteroatoms. The van der Waals surface area contributed by atoms with Crippen LogP contribution < -0.4 is 5.32 Å². The topological polar surface area (TPSA) is 92.8 Å². The van der Waals surface area contributed by atoms with Crippen molar-refractivity contribution in [1.29, 1.82) is 0 Å². The van der Waals surface area contributed by atoms with Gasteiger partial charge in [0.15, 0.2) is 6.10 Å². The number of carbonyl (C=O) groups is 2. The number of anilines is 1. The van der Waals surface area contributed by atoms with Gasteiger partial charge in [-0.2, -0.15) is 0 Å². The van der Waals surface area contributed by atoms with Crippen molar-refractivity contribution in [2.24, 2.45) is 0 Å². The van der Waals surface area contributed by atoms with Crippen molar-refractivity contribution >= 4 is 62.4 Å². The fourth-order valence-corrected chi connectivity index (χ4v) is 3.60. The van der Waals surface area contributed by atoms with Crippen LogP contribution in [-0.4, -0.2) is 44.8 Å². The molecule has 156 valence electrons. The second-order valence-electron chi connectivity index (χ2n) is 6.09. The Labute approximate surface area is 183 Å². The number of nitrogens with one attached hydrogen (secondary N) is 1. The molecule has 0 saturated heterocycles. The highest BCUT2D eigenvalue weighted by molar-refractivity contribution is 7.89. The molecule has 2 aromatic carbocycles. The number of hydrogen-bond donors (Lipinski definition) is 1. The average molecular weight is 480 g/mol. The summed E-state index contributed by atoms with van der Waals surface area (Å²) in [5.74, 6) is -1.61. The predicted octanol–water partition coefficient (Wildman–Crippen LogP) is 4.08. The van der Waals surface area contributed by atoms with Crippen LogP contribution in [-0.2, 0) is 19.6 Å². The van der Waals surface area contributed by atoms with Gasteiger partial charge in [-0.05, 0) is 43.3 Å². The minimum atomic E-state index is -3.78. The average Bonchev–Trinajstić information content (AvgIpc) is 2.64. The lowest BCUT2D eigenvalue weighted by Gasteiger charge is -2.16. The Balaban J connectivity index is 2.19. The Hall–Kier alpha value is -1.84. The van der Waals surface area contributed by atoms with Gasteiger partial charge in [-0.1, -0.05) is 34.8 Å². The molecule has 0 bridgehead atoms. The number of halogens is 3. The largest absolute Gasteiger partial charge is 0.449 e. The van der Waals surface area contributed by atoms with Gasteiger partial charge >= 0.3 is 5.97 Å². The third-order valence-corrected chi connectivity index (χ3v) is 6.48. The molecule has 0 saturated carbocycles. The Morgan fingerprint density at radius 1 is 1.03 bits per heavy atom. The first kappa shape index (κ1) is 23.4. The van der Waals surface area contributed by atoms with E-state index in [1.165, 1.54) is 45.3 Å². The number of amides is 1. The molecule has 1 amide bonds. The SMILES string of the molecule is C[C@H](OC(=O)c1cc(S(=O)(=O)N(C)C)ccc1Cl)C(=O)Nc1cc(Cl)ccc1Cl. The quantitative estimate of drug-likeness (QED) is 0.630. The van der Waals surface area contributed by atoms with E-state index in [4.69, 9.17) is 39.5 Å². The summed E-state index contributed by atoms with van der Waals surface area (Å²) in [5.41, 5.74) is 0.0687. The number of nitrogens with zero attached hydrogens (tertiary/aromatic N) is 1. The van der Waals surface area contributed by atoms with Gasteiger partial charge in [0.25, 0.3) is 5.91 Å². The van der Waals surface area contributed by atoms with E-state index in [1.54, 1.807) is 6.07 Å². The molecule has 0 aliphatic heterocycles. The summed E-state index contributed by atoms with van der Waals surface area (Å²) in [7, 11) is -1.07. The second kappa shape index (κ2) is 9.32. The van der Waals surface area contributed by atoms with E-state index in [-0.39, 0.29) is 26.2 Å². The molecular formula is C18H17Cl3N2O5S. The summed E-state index contributed by atoms with van der Waals surface area (Å²) < 4.78 is 30.6. The summed E-state index contributed by atoms with van der Waals surface area (Å²) >= 11 is 17.9. The van der Waals surface area contributed by atoms with Gasteiger partial charge in [0.05, 0.1) is 26.2 Å². The smallest absolute Gasteiger partial charge is 0.340 e. The number of sulfonamides is 1. The molecule has 1 N–H and O–H groups in total. The molecule has 0 spiro atoms. The van der Waals surface area contributed by atoms with Crippen LogP contribution >= 0.6 is 34.8 Å². The molecule has 2 rings (SSSR count). The van der Waals surface area contributed by atoms with Gasteiger partial charge in [-0.15, -0.1) is 0 Å². The van der Waals surface area contributed by atoms with Crippen LogP contribution in [0.15, 0.2) is 41.3 Å². The van der Waals surface area contributed by atoms with Gasteiger partial charge in [0.2, 0.25) is 10.0 Å². The summed E-state index contributed by atoms with van der Waals surface area (Å²) in [6.45, 7) is 1.35. The minimum absolute atomic E-state index is 0.0156. The molecule has 0 fully saturated rings. The van der Waals surface area contributed by atoms with Gasteiger partial charge in [-0.25, -0.2) is 17.5 Å². The van der Waals surface area contributed by atoms with Crippen LogP contribution in [0.4, 0.5) is 5.69 Å². The van der Waals surface area contributed by atoms with Crippen LogP contribution in [0.25, 0.3) is 0 Å². The zero-order chi connectivity index (χ0) is 21.9. The molecule has 0 unspecified atom stereocenters. The lowest BCUT2D eigenvalue weighted by atomic mass is 10.2. The first-order valence-electron chi connectivity index (χ1n) is 8.12. The van der Waals surface area contributed by atoms with Crippen molar-refractivity contribution in [3.63, 3.8) is 0 Å². The van der Waals surface area contributed by atoms with Crippen molar-refractivity contribution in [1.82, 2.24) is 4.31 Å². The van der Waals surface area contributed by atoms with Crippen LogP contribution in [0, 0.1) is 0 Å². The number of rotatable bonds is 6. The van der Waals surface area contributed by atoms with Crippen molar-refractivity contribution in [3.05, 3.63) is 57.0 Å². The summed E-state index contributed by atoms with van der Waals surface area (Å²) in [6.07, 6.45) is -1.22. The van der Waals surface area contributed by atoms with Crippen molar-refractivity contribution in [2.45, 2.75) is 17.9 Å². The molecule has 0 radical (unpaired) electrons. The van der Waals surface area contributed by atoms with E-state index < -0.39 is 28.0 Å². The Morgan fingerprint density at radius 3 is 2.28 bits per heavy atom. The number of esters is 1. The lowest BCUT2D eigenvalue weighted by molar-refractivity contribution is -0.123. The van der Waals surface area contributed by atoms with Gasteiger partial charge in [0, 0.05) is 19.1 Å². The normalized spacial score (nSPS) is 12.5. The van der Waals surface area contributed by atoms with Crippen LogP contribution in [0.3, 0.4) is 0 Å². The number of carbonyl (C=O) groups excluding carboxylic acids is 2. The number of hydrogen-bond acceptors (Lipinski definition) is 5. The highest BCUT2D eigenvalue weighted by Gasteiger charge is 2.24. The van der Waals surface area contributed by atoms with E-state index in [0.717, 1.165) is 10.4 Å². The Bertz CT molecular complexity index is 1060. The molecule has 0 aromatic heterocycles. The summed E-state index contributed by atoms with van der Waals surface area (Å²) in [5, 5.41) is 3.11. The highest BCUT2D eigenvalue weighted by atomic mass is 35.5. The molecule has 0 aliphatic rings. The third kappa shape index (κ3) is 5.61. The Kier molecular flexibility index (Phi) is 7.53. The van der Waals surface area contributed by atoms with Crippen LogP contribution in [0.2, 0.25) is 15.1 Å². The standard InChI is InChI=1S/C18H17Cl3N2O5S/c1-10(17(24)22-16-8-11(19)4-6-15(16)21)28-18(25)13-9-12(5-7-14(13)20)29(26,27)23(2)3/h4-10H,1-3H3,(H,22,24)/t10-/m0/s1. The van der Waals surface area contributed by atoms with E-state index in [1.807, 2.05) is 0 Å². The minimum Gasteiger partial charge on any atom is -0.449 e. The van der Waals surface area contributed by atoms with E-state index in [9.17, 15) is 18.0 Å². The third-order valence-electron chi connectivity index (χ3n) is 3.78. The fraction of sp³-hybridized carbons (Fsp3) is 0.222. The van der Waals surface area contributed by atoms with E-state index >= 15 is 0 Å². The molecule has 7 nitrogen and oxygen atoms in total. The molecule has 2 aromatic rings. The van der Waals surface area contributed by atoms with Crippen LogP contribution in [0.5, 0.6) is 0 Å². The van der Waals surface area contributed by atoms with Crippen LogP contribution in [0.1, 0.15) is 17.3 Å². The number of ether oxygens (including phenoxy) is 1. The zero-order valence-electron chi connectivity index (χ0n) is 15.6. The zero-order valence-corrected chi connectivity index (χ0v) is 18.7. The van der Waals surface area contributed by atoms with E-state index in [0.29, 0.717) is 5.02 Å². The highest BCUT2D eigenvalue weighted by Crippen LogP contribution is 2.26. The molecular weight excluding hydrogens is 463 g/mol. The van der Waals surface area contributed by atoms with Crippen molar-refractivity contribution in [2.75, 3.05) is 19.4 Å². The fourth-order valence-electron chi connectivity index (χ4n) is 2.14. The lowest BCUT2D eigenvalue weighted by Crippen LogP contribution is -2.30. The molecule has 1 atom stereocenters. The van der Waals surface area contributed by atoms with Gasteiger partial charge in [-0.3, -0.25) is 4.79 Å². The molecule has 0 aliphatic carbocycles. The summed E-state index contributed by atoms with van der Waals surface area (Å²) in [6, 6.07) is 8.14. The molecule has 29 heavy (non-hydrogen) atoms. The van der Waals surface area contributed by atoms with Crippen molar-refractivity contribution < 1.29 is 22.7 Å². The number of benzene rings is 2. The second-order valence-corrected chi connectivity index (χ2v) is 9.49.